The highest BCUT2D eigenvalue weighted by Gasteiger charge is 2.28. The van der Waals surface area contributed by atoms with Crippen molar-refractivity contribution in [2.24, 2.45) is 0 Å². The van der Waals surface area contributed by atoms with Gasteiger partial charge in [0, 0.05) is 23.6 Å². The number of rotatable bonds is 7. The van der Waals surface area contributed by atoms with Gasteiger partial charge in [-0.3, -0.25) is 4.79 Å². The van der Waals surface area contributed by atoms with Crippen molar-refractivity contribution in [3.05, 3.63) is 53.2 Å². The van der Waals surface area contributed by atoms with Gasteiger partial charge >= 0.3 is 0 Å². The maximum absolute atomic E-state index is 11.8. The van der Waals surface area contributed by atoms with Gasteiger partial charge in [0.1, 0.15) is 5.75 Å². The number of fused-ring (bicyclic) bond motifs is 2. The summed E-state index contributed by atoms with van der Waals surface area (Å²) in [6.07, 6.45) is 5.30. The average molecular weight is 394 g/mol. The Hall–Kier alpha value is -3.15. The number of aryl methyl sites for hydroxylation is 1. The summed E-state index contributed by atoms with van der Waals surface area (Å²) in [5, 5.41) is 10.9. The first-order valence-corrected chi connectivity index (χ1v) is 9.98. The summed E-state index contributed by atoms with van der Waals surface area (Å²) in [4.78, 5) is 16.9. The van der Waals surface area contributed by atoms with Gasteiger partial charge < -0.3 is 24.5 Å². The normalized spacial score (nSPS) is 15.9. The first-order chi connectivity index (χ1) is 14.1. The molecule has 1 aliphatic heterocycles. The highest BCUT2D eigenvalue weighted by Crippen LogP contribution is 2.40. The number of carbonyl (C=O) groups excluding carboxylic acids is 1. The van der Waals surface area contributed by atoms with E-state index in [1.54, 1.807) is 19.2 Å². The molecule has 6 nitrogen and oxygen atoms in total. The molecule has 4 rings (SSSR count). The standard InChI is InChI=1S/C23H26N2O4/c1-3-29-23-12-19-15(10-22(23)28-2)8-9-25(14-26)21(19)7-4-16-13-24-20-6-5-17(27)11-18(16)20/h5-6,10-14,21,24,27H,3-4,7-9H2,1-2H3/t21-/m1/s1. The molecule has 29 heavy (non-hydrogen) atoms. The minimum atomic E-state index is -0.0244. The smallest absolute Gasteiger partial charge is 0.210 e. The molecule has 0 spiro atoms. The van der Waals surface area contributed by atoms with Crippen LogP contribution in [0.2, 0.25) is 0 Å². The lowest BCUT2D eigenvalue weighted by Crippen LogP contribution is -2.34. The molecule has 1 aromatic heterocycles. The number of aromatic hydroxyl groups is 1. The van der Waals surface area contributed by atoms with Crippen LogP contribution in [0, 0.1) is 0 Å². The summed E-state index contributed by atoms with van der Waals surface area (Å²) in [6, 6.07) is 9.38. The van der Waals surface area contributed by atoms with Crippen LogP contribution >= 0.6 is 0 Å². The number of phenols is 1. The van der Waals surface area contributed by atoms with Crippen molar-refractivity contribution in [3.63, 3.8) is 0 Å². The van der Waals surface area contributed by atoms with E-state index in [9.17, 15) is 9.90 Å². The van der Waals surface area contributed by atoms with Crippen LogP contribution < -0.4 is 9.47 Å². The van der Waals surface area contributed by atoms with E-state index in [0.29, 0.717) is 18.9 Å². The van der Waals surface area contributed by atoms with Crippen molar-refractivity contribution in [2.75, 3.05) is 20.3 Å². The molecule has 2 heterocycles. The Morgan fingerprint density at radius 2 is 2.14 bits per heavy atom. The van der Waals surface area contributed by atoms with Crippen LogP contribution in [-0.4, -0.2) is 41.7 Å². The SMILES string of the molecule is CCOc1cc2c(cc1OC)CCN(C=O)[C@@H]2CCc1c[nH]c2ccc(O)cc12. The Morgan fingerprint density at radius 3 is 2.90 bits per heavy atom. The summed E-state index contributed by atoms with van der Waals surface area (Å²) in [6.45, 7) is 3.18. The second kappa shape index (κ2) is 8.07. The molecule has 0 bridgehead atoms. The third-order valence-corrected chi connectivity index (χ3v) is 5.70. The molecule has 1 amide bonds. The van der Waals surface area contributed by atoms with Gasteiger partial charge in [0.2, 0.25) is 6.41 Å². The van der Waals surface area contributed by atoms with E-state index in [1.165, 1.54) is 5.56 Å². The van der Waals surface area contributed by atoms with Crippen LogP contribution in [0.1, 0.15) is 36.1 Å². The fraction of sp³-hybridized carbons (Fsp3) is 0.348. The zero-order valence-corrected chi connectivity index (χ0v) is 16.8. The number of methoxy groups -OCH3 is 1. The predicted octanol–water partition coefficient (Wildman–Crippen LogP) is 3.97. The van der Waals surface area contributed by atoms with Crippen molar-refractivity contribution in [1.82, 2.24) is 9.88 Å². The maximum atomic E-state index is 11.8. The maximum Gasteiger partial charge on any atom is 0.210 e. The molecule has 1 aliphatic rings. The van der Waals surface area contributed by atoms with Crippen LogP contribution in [0.5, 0.6) is 17.2 Å². The number of aromatic nitrogens is 1. The number of nitrogens with one attached hydrogen (secondary N) is 1. The van der Waals surface area contributed by atoms with E-state index < -0.39 is 0 Å². The number of H-pyrrole nitrogens is 1. The van der Waals surface area contributed by atoms with E-state index >= 15 is 0 Å². The lowest BCUT2D eigenvalue weighted by atomic mass is 9.88. The highest BCUT2D eigenvalue weighted by molar-refractivity contribution is 5.84. The summed E-state index contributed by atoms with van der Waals surface area (Å²) >= 11 is 0. The van der Waals surface area contributed by atoms with Gasteiger partial charge in [-0.25, -0.2) is 0 Å². The number of nitrogens with zero attached hydrogens (tertiary/aromatic N) is 1. The average Bonchev–Trinajstić information content (AvgIpc) is 3.13. The van der Waals surface area contributed by atoms with Crippen molar-refractivity contribution in [1.29, 1.82) is 0 Å². The number of aromatic amines is 1. The van der Waals surface area contributed by atoms with Gasteiger partial charge in [-0.05, 0) is 73.2 Å². The Morgan fingerprint density at radius 1 is 1.28 bits per heavy atom. The zero-order chi connectivity index (χ0) is 20.4. The number of hydrogen-bond donors (Lipinski definition) is 2. The van der Waals surface area contributed by atoms with E-state index in [2.05, 4.69) is 4.98 Å². The second-order valence-electron chi connectivity index (χ2n) is 7.33. The largest absolute Gasteiger partial charge is 0.508 e. The predicted molar refractivity (Wildman–Crippen MR) is 112 cm³/mol. The third kappa shape index (κ3) is 3.62. The van der Waals surface area contributed by atoms with Crippen molar-refractivity contribution in [2.45, 2.75) is 32.2 Å². The lowest BCUT2D eigenvalue weighted by Gasteiger charge is -2.35. The zero-order valence-electron chi connectivity index (χ0n) is 16.8. The molecule has 2 aromatic carbocycles. The molecular weight excluding hydrogens is 368 g/mol. The van der Waals surface area contributed by atoms with Crippen LogP contribution in [-0.2, 0) is 17.6 Å². The summed E-state index contributed by atoms with van der Waals surface area (Å²) in [7, 11) is 1.65. The van der Waals surface area contributed by atoms with E-state index in [-0.39, 0.29) is 11.8 Å². The molecule has 2 N–H and O–H groups in total. The molecule has 0 saturated heterocycles. The van der Waals surface area contributed by atoms with Crippen molar-refractivity contribution in [3.8, 4) is 17.2 Å². The first-order valence-electron chi connectivity index (χ1n) is 9.98. The fourth-order valence-corrected chi connectivity index (χ4v) is 4.27. The topological polar surface area (TPSA) is 74.8 Å². The number of ether oxygens (including phenoxy) is 2. The first kappa shape index (κ1) is 19.2. The molecule has 152 valence electrons. The number of phenolic OH excluding ortho intramolecular Hbond substituents is 1. The quantitative estimate of drug-likeness (QED) is 0.595. The van der Waals surface area contributed by atoms with E-state index in [1.807, 2.05) is 36.2 Å². The molecule has 0 aliphatic carbocycles. The Kier molecular flexibility index (Phi) is 5.34. The second-order valence-corrected chi connectivity index (χ2v) is 7.33. The fourth-order valence-electron chi connectivity index (χ4n) is 4.27. The summed E-state index contributed by atoms with van der Waals surface area (Å²) < 4.78 is 11.3. The van der Waals surface area contributed by atoms with E-state index in [0.717, 1.165) is 53.5 Å². The highest BCUT2D eigenvalue weighted by atomic mass is 16.5. The molecule has 0 unspecified atom stereocenters. The number of carbonyl (C=O) groups is 1. The Labute approximate surface area is 170 Å². The van der Waals surface area contributed by atoms with Gasteiger partial charge in [-0.15, -0.1) is 0 Å². The number of benzene rings is 2. The lowest BCUT2D eigenvalue weighted by molar-refractivity contribution is -0.120. The Bertz CT molecular complexity index is 1030. The van der Waals surface area contributed by atoms with Gasteiger partial charge in [0.05, 0.1) is 19.8 Å². The van der Waals surface area contributed by atoms with Crippen LogP contribution in [0.4, 0.5) is 0 Å². The monoisotopic (exact) mass is 394 g/mol. The molecule has 0 saturated carbocycles. The number of amides is 1. The molecule has 6 heteroatoms. The molecule has 3 aromatic rings. The van der Waals surface area contributed by atoms with Crippen LogP contribution in [0.15, 0.2) is 36.5 Å². The summed E-state index contributed by atoms with van der Waals surface area (Å²) in [5.74, 6) is 1.70. The molecule has 1 atom stereocenters. The molecule has 0 radical (unpaired) electrons. The van der Waals surface area contributed by atoms with Gasteiger partial charge in [-0.2, -0.15) is 0 Å². The van der Waals surface area contributed by atoms with Gasteiger partial charge in [-0.1, -0.05) is 0 Å². The molecular formula is C23H26N2O4. The van der Waals surface area contributed by atoms with Crippen molar-refractivity contribution < 1.29 is 19.4 Å². The minimum Gasteiger partial charge on any atom is -0.508 e. The van der Waals surface area contributed by atoms with E-state index in [4.69, 9.17) is 9.47 Å². The third-order valence-electron chi connectivity index (χ3n) is 5.70. The van der Waals surface area contributed by atoms with Crippen LogP contribution in [0.25, 0.3) is 10.9 Å². The number of hydrogen-bond acceptors (Lipinski definition) is 4. The molecule has 0 fully saturated rings. The Balaban J connectivity index is 1.66. The summed E-state index contributed by atoms with van der Waals surface area (Å²) in [5.41, 5.74) is 4.45. The minimum absolute atomic E-state index is 0.0244. The van der Waals surface area contributed by atoms with Gasteiger partial charge in [0.15, 0.2) is 11.5 Å². The van der Waals surface area contributed by atoms with Gasteiger partial charge in [0.25, 0.3) is 0 Å². The van der Waals surface area contributed by atoms with Crippen molar-refractivity contribution >= 4 is 17.3 Å². The van der Waals surface area contributed by atoms with Crippen LogP contribution in [0.3, 0.4) is 0 Å².